The molecule has 0 aliphatic carbocycles. The van der Waals surface area contributed by atoms with Gasteiger partial charge >= 0.3 is 6.09 Å². The van der Waals surface area contributed by atoms with Crippen molar-refractivity contribution in [3.8, 4) is 0 Å². The molecule has 0 spiro atoms. The van der Waals surface area contributed by atoms with Crippen LogP contribution in [0.15, 0.2) is 29.3 Å². The van der Waals surface area contributed by atoms with Crippen LogP contribution in [-0.2, 0) is 9.53 Å². The van der Waals surface area contributed by atoms with E-state index in [0.29, 0.717) is 5.56 Å². The van der Waals surface area contributed by atoms with Crippen molar-refractivity contribution in [3.05, 3.63) is 39.9 Å². The molecule has 0 aromatic heterocycles. The number of nitro benzene ring substituents is 1. The van der Waals surface area contributed by atoms with Crippen molar-refractivity contribution in [2.45, 2.75) is 13.8 Å². The van der Waals surface area contributed by atoms with E-state index in [4.69, 9.17) is 0 Å². The second-order valence-electron chi connectivity index (χ2n) is 3.64. The fraction of sp³-hybridized carbons (Fsp3) is 0.250. The largest absolute Gasteiger partial charge is 0.448 e. The number of nitro groups is 1. The van der Waals surface area contributed by atoms with Gasteiger partial charge in [0.05, 0.1) is 11.5 Å². The molecule has 1 rings (SSSR count). The van der Waals surface area contributed by atoms with Crippen molar-refractivity contribution in [2.75, 3.05) is 6.61 Å². The van der Waals surface area contributed by atoms with E-state index in [0.717, 1.165) is 0 Å². The predicted octanol–water partition coefficient (Wildman–Crippen LogP) is 1.63. The molecule has 0 aliphatic heterocycles. The van der Waals surface area contributed by atoms with Crippen LogP contribution in [0.2, 0.25) is 0 Å². The van der Waals surface area contributed by atoms with Gasteiger partial charge in [0.15, 0.2) is 0 Å². The smallest absolute Gasteiger partial charge is 0.435 e. The molecule has 2 amide bonds. The van der Waals surface area contributed by atoms with Crippen molar-refractivity contribution >= 4 is 23.5 Å². The fourth-order valence-corrected chi connectivity index (χ4v) is 1.32. The molecule has 0 unspecified atom stereocenters. The summed E-state index contributed by atoms with van der Waals surface area (Å²) in [6.45, 7) is 3.03. The van der Waals surface area contributed by atoms with Crippen LogP contribution >= 0.6 is 0 Å². The summed E-state index contributed by atoms with van der Waals surface area (Å²) in [4.78, 5) is 36.0. The van der Waals surface area contributed by atoms with Gasteiger partial charge in [0.2, 0.25) is 5.91 Å². The Morgan fingerprint density at radius 1 is 1.35 bits per heavy atom. The maximum atomic E-state index is 11.3. The molecule has 0 saturated carbocycles. The number of carbonyl (C=O) groups is 2. The molecule has 1 N–H and O–H groups in total. The molecule has 0 atom stereocenters. The van der Waals surface area contributed by atoms with Crippen LogP contribution in [0, 0.1) is 10.1 Å². The molecule has 0 radical (unpaired) electrons. The summed E-state index contributed by atoms with van der Waals surface area (Å²) in [7, 11) is 0. The lowest BCUT2D eigenvalue weighted by Crippen LogP contribution is -2.30. The first kappa shape index (κ1) is 15.3. The lowest BCUT2D eigenvalue weighted by atomic mass is 10.2. The number of ether oxygens (including phenoxy) is 1. The van der Waals surface area contributed by atoms with Gasteiger partial charge in [0, 0.05) is 24.6 Å². The van der Waals surface area contributed by atoms with E-state index < -0.39 is 16.9 Å². The number of benzene rings is 1. The standard InChI is InChI=1S/C12H13N3O5/c1-3-20-12(17)14-11(13-8(2)16)9-4-6-10(7-5-9)15(18)19/h4-7H,3H2,1-2H3,(H,13,14,16,17). The Labute approximate surface area is 114 Å². The molecular weight excluding hydrogens is 266 g/mol. The Kier molecular flexibility index (Phi) is 5.33. The minimum Gasteiger partial charge on any atom is -0.448 e. The summed E-state index contributed by atoms with van der Waals surface area (Å²) in [5.41, 5.74) is 0.255. The zero-order valence-electron chi connectivity index (χ0n) is 11.0. The van der Waals surface area contributed by atoms with Crippen molar-refractivity contribution in [2.24, 2.45) is 4.99 Å². The monoisotopic (exact) mass is 279 g/mol. The number of nitrogens with zero attached hydrogens (tertiary/aromatic N) is 2. The van der Waals surface area contributed by atoms with Gasteiger partial charge in [-0.05, 0) is 19.1 Å². The molecule has 8 nitrogen and oxygen atoms in total. The van der Waals surface area contributed by atoms with Gasteiger partial charge < -0.3 is 10.1 Å². The fourth-order valence-electron chi connectivity index (χ4n) is 1.32. The molecule has 8 heteroatoms. The molecule has 0 fully saturated rings. The van der Waals surface area contributed by atoms with Crippen LogP contribution in [0.1, 0.15) is 19.4 Å². The number of non-ortho nitro benzene ring substituents is 1. The average molecular weight is 279 g/mol. The van der Waals surface area contributed by atoms with Crippen LogP contribution in [0.3, 0.4) is 0 Å². The van der Waals surface area contributed by atoms with Gasteiger partial charge in [-0.1, -0.05) is 0 Å². The van der Waals surface area contributed by atoms with Crippen molar-refractivity contribution in [1.29, 1.82) is 0 Å². The maximum Gasteiger partial charge on any atom is 0.435 e. The Bertz CT molecular complexity index is 551. The number of rotatable bonds is 3. The number of aliphatic imine (C=N–C) groups is 1. The lowest BCUT2D eigenvalue weighted by molar-refractivity contribution is -0.384. The second kappa shape index (κ2) is 6.98. The average Bonchev–Trinajstić information content (AvgIpc) is 2.38. The van der Waals surface area contributed by atoms with E-state index in [1.54, 1.807) is 6.92 Å². The first-order valence-corrected chi connectivity index (χ1v) is 5.72. The van der Waals surface area contributed by atoms with Crippen molar-refractivity contribution in [1.82, 2.24) is 5.32 Å². The molecule has 0 saturated heterocycles. The van der Waals surface area contributed by atoms with Gasteiger partial charge in [-0.15, -0.1) is 0 Å². The van der Waals surface area contributed by atoms with Gasteiger partial charge in [0.1, 0.15) is 5.84 Å². The molecule has 0 heterocycles. The second-order valence-corrected chi connectivity index (χ2v) is 3.64. The quantitative estimate of drug-likeness (QED) is 0.391. The van der Waals surface area contributed by atoms with Crippen LogP contribution in [0.25, 0.3) is 0 Å². The van der Waals surface area contributed by atoms with Crippen LogP contribution in [0.5, 0.6) is 0 Å². The lowest BCUT2D eigenvalue weighted by Gasteiger charge is -2.06. The first-order chi connectivity index (χ1) is 9.43. The Balaban J connectivity index is 3.07. The third kappa shape index (κ3) is 4.48. The highest BCUT2D eigenvalue weighted by Gasteiger charge is 2.11. The number of hydrogen-bond donors (Lipinski definition) is 1. The summed E-state index contributed by atoms with van der Waals surface area (Å²) >= 11 is 0. The zero-order chi connectivity index (χ0) is 15.1. The maximum absolute atomic E-state index is 11.3. The summed E-state index contributed by atoms with van der Waals surface area (Å²) in [6, 6.07) is 5.26. The summed E-state index contributed by atoms with van der Waals surface area (Å²) in [5.74, 6) is -0.447. The molecule has 0 aliphatic rings. The van der Waals surface area contributed by atoms with Gasteiger partial charge in [-0.3, -0.25) is 14.9 Å². The van der Waals surface area contributed by atoms with Crippen molar-refractivity contribution < 1.29 is 19.2 Å². The third-order valence-electron chi connectivity index (χ3n) is 2.12. The molecule has 106 valence electrons. The number of amidine groups is 1. The van der Waals surface area contributed by atoms with E-state index >= 15 is 0 Å². The first-order valence-electron chi connectivity index (χ1n) is 5.72. The Morgan fingerprint density at radius 3 is 2.40 bits per heavy atom. The SMILES string of the molecule is CCOC(=O)N=C(NC(C)=O)c1ccc([N+](=O)[O-])cc1. The van der Waals surface area contributed by atoms with Gasteiger partial charge in [0.25, 0.3) is 5.69 Å². The molecule has 20 heavy (non-hydrogen) atoms. The minimum absolute atomic E-state index is 0.0224. The van der Waals surface area contributed by atoms with Crippen LogP contribution < -0.4 is 5.32 Å². The van der Waals surface area contributed by atoms with Crippen LogP contribution in [-0.4, -0.2) is 29.4 Å². The Hall–Kier alpha value is -2.77. The third-order valence-corrected chi connectivity index (χ3v) is 2.12. The van der Waals surface area contributed by atoms with E-state index in [2.05, 4.69) is 15.0 Å². The summed E-state index contributed by atoms with van der Waals surface area (Å²) in [5, 5.41) is 12.9. The van der Waals surface area contributed by atoms with Crippen LogP contribution in [0.4, 0.5) is 10.5 Å². The molecule has 1 aromatic rings. The molecular formula is C12H13N3O5. The highest BCUT2D eigenvalue weighted by molar-refractivity contribution is 6.10. The highest BCUT2D eigenvalue weighted by Crippen LogP contribution is 2.12. The topological polar surface area (TPSA) is 111 Å². The normalized spacial score (nSPS) is 10.8. The number of carbonyl (C=O) groups excluding carboxylic acids is 2. The van der Waals surface area contributed by atoms with E-state index in [1.165, 1.54) is 31.2 Å². The van der Waals surface area contributed by atoms with E-state index in [9.17, 15) is 19.7 Å². The van der Waals surface area contributed by atoms with Crippen molar-refractivity contribution in [3.63, 3.8) is 0 Å². The minimum atomic E-state index is -0.852. The van der Waals surface area contributed by atoms with Gasteiger partial charge in [-0.2, -0.15) is 4.99 Å². The number of amides is 2. The number of hydrogen-bond acceptors (Lipinski definition) is 5. The predicted molar refractivity (Wildman–Crippen MR) is 70.5 cm³/mol. The summed E-state index contributed by atoms with van der Waals surface area (Å²) in [6.07, 6.45) is -0.852. The van der Waals surface area contributed by atoms with Gasteiger partial charge in [-0.25, -0.2) is 4.79 Å². The molecule has 1 aromatic carbocycles. The van der Waals surface area contributed by atoms with E-state index in [-0.39, 0.29) is 18.1 Å². The Morgan fingerprint density at radius 2 is 1.95 bits per heavy atom. The zero-order valence-corrected chi connectivity index (χ0v) is 11.0. The summed E-state index contributed by atoms with van der Waals surface area (Å²) < 4.78 is 4.65. The highest BCUT2D eigenvalue weighted by atomic mass is 16.6. The van der Waals surface area contributed by atoms with E-state index in [1.807, 2.05) is 0 Å². The molecule has 0 bridgehead atoms. The number of nitrogens with one attached hydrogen (secondary N) is 1.